The first kappa shape index (κ1) is 23.0. The van der Waals surface area contributed by atoms with E-state index in [1.165, 1.54) is 0 Å². The van der Waals surface area contributed by atoms with Gasteiger partial charge in [-0.1, -0.05) is 0 Å². The molecule has 3 aliphatic carbocycles. The normalized spacial score (nSPS) is 26.2. The Labute approximate surface area is 210 Å². The Hall–Kier alpha value is -3.44. The number of aliphatic carboxylic acids is 1. The first-order chi connectivity index (χ1) is 17.5. The number of hydrogen-bond donors (Lipinski definition) is 2. The van der Waals surface area contributed by atoms with E-state index in [1.54, 1.807) is 6.07 Å². The molecule has 2 aromatic heterocycles. The summed E-state index contributed by atoms with van der Waals surface area (Å²) in [6, 6.07) is 11.7. The maximum absolute atomic E-state index is 11.7. The predicted octanol–water partition coefficient (Wildman–Crippen LogP) is 4.91. The number of H-pyrrole nitrogens is 1. The molecule has 0 atom stereocenters. The lowest BCUT2D eigenvalue weighted by molar-refractivity contribution is -0.162. The maximum Gasteiger partial charge on any atom is 0.309 e. The molecule has 4 aliphatic rings. The lowest BCUT2D eigenvalue weighted by Crippen LogP contribution is -2.48. The number of anilines is 1. The van der Waals surface area contributed by atoms with E-state index in [0.717, 1.165) is 99.3 Å². The third-order valence-electron chi connectivity index (χ3n) is 8.88. The van der Waals surface area contributed by atoms with Gasteiger partial charge >= 0.3 is 5.97 Å². The molecule has 36 heavy (non-hydrogen) atoms. The average molecular weight is 486 g/mol. The molecular formula is C28H31N5O3. The van der Waals surface area contributed by atoms with Crippen molar-refractivity contribution in [3.63, 3.8) is 0 Å². The second-order valence-corrected chi connectivity index (χ2v) is 10.9. The fourth-order valence-electron chi connectivity index (χ4n) is 6.28. The number of aromatic nitrogens is 3. The summed E-state index contributed by atoms with van der Waals surface area (Å²) in [6.45, 7) is 2.59. The van der Waals surface area contributed by atoms with Crippen molar-refractivity contribution in [1.82, 2.24) is 15.0 Å². The van der Waals surface area contributed by atoms with Gasteiger partial charge in [-0.25, -0.2) is 9.97 Å². The van der Waals surface area contributed by atoms with Gasteiger partial charge in [0, 0.05) is 24.8 Å². The third-order valence-corrected chi connectivity index (χ3v) is 8.88. The Kier molecular flexibility index (Phi) is 5.68. The second kappa shape index (κ2) is 8.90. The van der Waals surface area contributed by atoms with Crippen LogP contribution in [-0.2, 0) is 9.53 Å². The topological polar surface area (TPSA) is 115 Å². The van der Waals surface area contributed by atoms with Gasteiger partial charge in [-0.2, -0.15) is 5.26 Å². The van der Waals surface area contributed by atoms with Crippen LogP contribution in [0.2, 0.25) is 0 Å². The van der Waals surface area contributed by atoms with Crippen molar-refractivity contribution in [1.29, 1.82) is 5.26 Å². The quantitative estimate of drug-likeness (QED) is 0.510. The standard InChI is InChI=1S/C28H31N5O3/c29-16-19-1-3-22-23(15-19)32-25(31-22)20-2-4-24(30-17-20)33-13-5-21(6-14-33)36-18-27-7-10-28(11-8-27,12-9-27)26(34)35/h1-4,15,17,21H,5-14,18H2,(H,31,32)(H,34,35). The van der Waals surface area contributed by atoms with E-state index in [9.17, 15) is 9.90 Å². The number of piperidine rings is 1. The van der Waals surface area contributed by atoms with Crippen LogP contribution in [0.5, 0.6) is 0 Å². The molecule has 1 aliphatic heterocycles. The van der Waals surface area contributed by atoms with Crippen molar-refractivity contribution in [2.75, 3.05) is 24.6 Å². The summed E-state index contributed by atoms with van der Waals surface area (Å²) in [5, 5.41) is 18.7. The van der Waals surface area contributed by atoms with Crippen molar-refractivity contribution in [2.24, 2.45) is 10.8 Å². The zero-order valence-corrected chi connectivity index (χ0v) is 20.4. The van der Waals surface area contributed by atoms with E-state index in [0.29, 0.717) is 5.56 Å². The SMILES string of the molecule is N#Cc1ccc2nc(-c3ccc(N4CCC(OCC56CCC(C(=O)O)(CC5)CC6)CC4)nc3)[nH]c2c1. The molecule has 2 N–H and O–H groups in total. The number of aromatic amines is 1. The number of hydrogen-bond acceptors (Lipinski definition) is 6. The molecule has 3 saturated carbocycles. The molecule has 7 rings (SSSR count). The molecule has 0 amide bonds. The van der Waals surface area contributed by atoms with Crippen LogP contribution in [0, 0.1) is 22.2 Å². The molecule has 2 bridgehead atoms. The van der Waals surface area contributed by atoms with Gasteiger partial charge in [0.05, 0.1) is 40.8 Å². The number of nitriles is 1. The fraction of sp³-hybridized carbons (Fsp3) is 0.500. The summed E-state index contributed by atoms with van der Waals surface area (Å²) in [5.74, 6) is 1.11. The minimum absolute atomic E-state index is 0.193. The van der Waals surface area contributed by atoms with E-state index in [-0.39, 0.29) is 11.5 Å². The van der Waals surface area contributed by atoms with Crippen LogP contribution in [0.3, 0.4) is 0 Å². The van der Waals surface area contributed by atoms with E-state index >= 15 is 0 Å². The number of imidazole rings is 1. The molecule has 3 heterocycles. The van der Waals surface area contributed by atoms with Crippen LogP contribution in [0.15, 0.2) is 36.5 Å². The highest BCUT2D eigenvalue weighted by Gasteiger charge is 2.52. The van der Waals surface area contributed by atoms with Crippen LogP contribution >= 0.6 is 0 Å². The number of fused-ring (bicyclic) bond motifs is 4. The largest absolute Gasteiger partial charge is 0.481 e. The molecule has 8 nitrogen and oxygen atoms in total. The minimum Gasteiger partial charge on any atom is -0.481 e. The summed E-state index contributed by atoms with van der Waals surface area (Å²) < 4.78 is 6.41. The zero-order valence-electron chi connectivity index (χ0n) is 20.4. The first-order valence-electron chi connectivity index (χ1n) is 12.9. The van der Waals surface area contributed by atoms with Gasteiger partial charge in [-0.15, -0.1) is 0 Å². The summed E-state index contributed by atoms with van der Waals surface area (Å²) in [5.41, 5.74) is 2.93. The van der Waals surface area contributed by atoms with Crippen molar-refractivity contribution in [3.05, 3.63) is 42.1 Å². The van der Waals surface area contributed by atoms with Crippen LogP contribution in [0.25, 0.3) is 22.4 Å². The van der Waals surface area contributed by atoms with Gasteiger partial charge in [0.25, 0.3) is 0 Å². The Morgan fingerprint density at radius 1 is 1.14 bits per heavy atom. The zero-order chi connectivity index (χ0) is 24.8. The van der Waals surface area contributed by atoms with Gasteiger partial charge in [-0.05, 0) is 87.1 Å². The molecular weight excluding hydrogens is 454 g/mol. The van der Waals surface area contributed by atoms with Crippen LogP contribution in [0.4, 0.5) is 5.82 Å². The number of benzene rings is 1. The van der Waals surface area contributed by atoms with E-state index < -0.39 is 11.4 Å². The monoisotopic (exact) mass is 485 g/mol. The highest BCUT2D eigenvalue weighted by Crippen LogP contribution is 2.57. The molecule has 1 saturated heterocycles. The summed E-state index contributed by atoms with van der Waals surface area (Å²) in [6.07, 6.45) is 9.44. The summed E-state index contributed by atoms with van der Waals surface area (Å²) in [4.78, 5) is 26.6. The first-order valence-corrected chi connectivity index (χ1v) is 12.9. The van der Waals surface area contributed by atoms with E-state index in [1.807, 2.05) is 30.5 Å². The lowest BCUT2D eigenvalue weighted by atomic mass is 9.54. The number of nitrogens with zero attached hydrogens (tertiary/aromatic N) is 4. The number of carboxylic acid groups (broad SMARTS) is 1. The number of rotatable bonds is 6. The lowest BCUT2D eigenvalue weighted by Gasteiger charge is -2.51. The Morgan fingerprint density at radius 2 is 1.89 bits per heavy atom. The second-order valence-electron chi connectivity index (χ2n) is 10.9. The molecule has 3 aromatic rings. The van der Waals surface area contributed by atoms with Gasteiger partial charge in [0.2, 0.25) is 0 Å². The van der Waals surface area contributed by atoms with Gasteiger partial charge in [0.15, 0.2) is 0 Å². The van der Waals surface area contributed by atoms with E-state index in [4.69, 9.17) is 15.0 Å². The Bertz CT molecular complexity index is 1290. The number of carbonyl (C=O) groups is 1. The smallest absolute Gasteiger partial charge is 0.309 e. The maximum atomic E-state index is 11.7. The molecule has 0 spiro atoms. The third kappa shape index (κ3) is 4.11. The van der Waals surface area contributed by atoms with E-state index in [2.05, 4.69) is 20.9 Å². The van der Waals surface area contributed by atoms with Gasteiger partial charge < -0.3 is 19.7 Å². The van der Waals surface area contributed by atoms with Crippen LogP contribution in [-0.4, -0.2) is 51.8 Å². The Morgan fingerprint density at radius 3 is 2.53 bits per heavy atom. The fourth-order valence-corrected chi connectivity index (χ4v) is 6.28. The molecule has 1 aromatic carbocycles. The molecule has 0 unspecified atom stereocenters. The number of pyridine rings is 1. The van der Waals surface area contributed by atoms with Crippen molar-refractivity contribution >= 4 is 22.8 Å². The molecule has 8 heteroatoms. The number of ether oxygens (including phenoxy) is 1. The average Bonchev–Trinajstić information content (AvgIpc) is 3.37. The van der Waals surface area contributed by atoms with Crippen molar-refractivity contribution < 1.29 is 14.6 Å². The van der Waals surface area contributed by atoms with Gasteiger partial charge in [-0.3, -0.25) is 4.79 Å². The minimum atomic E-state index is -0.600. The summed E-state index contributed by atoms with van der Waals surface area (Å²) >= 11 is 0. The molecule has 0 radical (unpaired) electrons. The van der Waals surface area contributed by atoms with Crippen molar-refractivity contribution in [3.8, 4) is 17.5 Å². The van der Waals surface area contributed by atoms with Gasteiger partial charge in [0.1, 0.15) is 11.6 Å². The number of nitrogens with one attached hydrogen (secondary N) is 1. The highest BCUT2D eigenvalue weighted by molar-refractivity contribution is 5.80. The molecule has 186 valence electrons. The van der Waals surface area contributed by atoms with Crippen LogP contribution in [0.1, 0.15) is 56.9 Å². The summed E-state index contributed by atoms with van der Waals surface area (Å²) in [7, 11) is 0. The predicted molar refractivity (Wildman–Crippen MR) is 135 cm³/mol. The molecule has 4 fully saturated rings. The van der Waals surface area contributed by atoms with Crippen LogP contribution < -0.4 is 4.90 Å². The Balaban J connectivity index is 1.03. The van der Waals surface area contributed by atoms with Crippen molar-refractivity contribution in [2.45, 2.75) is 57.5 Å². The highest BCUT2D eigenvalue weighted by atomic mass is 16.5. The number of carboxylic acids is 1.